The fourth-order valence-corrected chi connectivity index (χ4v) is 4.37. The minimum absolute atomic E-state index is 0.0236. The van der Waals surface area contributed by atoms with E-state index in [9.17, 15) is 9.18 Å². The average Bonchev–Trinajstić information content (AvgIpc) is 3.32. The van der Waals surface area contributed by atoms with Crippen LogP contribution in [-0.2, 0) is 6.54 Å². The molecule has 7 heteroatoms. The van der Waals surface area contributed by atoms with Crippen molar-refractivity contribution in [1.82, 2.24) is 9.80 Å². The van der Waals surface area contributed by atoms with E-state index in [1.165, 1.54) is 6.07 Å². The normalized spacial score (nSPS) is 17.7. The van der Waals surface area contributed by atoms with Crippen molar-refractivity contribution in [2.75, 3.05) is 33.3 Å². The van der Waals surface area contributed by atoms with Crippen LogP contribution in [0.3, 0.4) is 0 Å². The SMILES string of the molecule is COc1ccc(C(=O)N2CCCC2)c(OC2CCN(Cc3ccc(Cl)c(F)c3)CC2)c1. The summed E-state index contributed by atoms with van der Waals surface area (Å²) >= 11 is 5.78. The van der Waals surface area contributed by atoms with E-state index < -0.39 is 0 Å². The van der Waals surface area contributed by atoms with E-state index in [0.717, 1.165) is 57.4 Å². The van der Waals surface area contributed by atoms with E-state index in [1.54, 1.807) is 19.2 Å². The number of amides is 1. The number of halogens is 2. The summed E-state index contributed by atoms with van der Waals surface area (Å²) in [6.45, 7) is 3.96. The summed E-state index contributed by atoms with van der Waals surface area (Å²) in [6, 6.07) is 10.4. The number of likely N-dealkylation sites (tertiary alicyclic amines) is 2. The zero-order valence-corrected chi connectivity index (χ0v) is 18.5. The molecule has 0 radical (unpaired) electrons. The van der Waals surface area contributed by atoms with E-state index in [-0.39, 0.29) is 22.9 Å². The second-order valence-electron chi connectivity index (χ2n) is 8.20. The van der Waals surface area contributed by atoms with Crippen LogP contribution in [0.1, 0.15) is 41.6 Å². The van der Waals surface area contributed by atoms with E-state index in [4.69, 9.17) is 21.1 Å². The Morgan fingerprint density at radius 2 is 1.84 bits per heavy atom. The van der Waals surface area contributed by atoms with Crippen LogP contribution in [0, 0.1) is 5.82 Å². The molecule has 2 fully saturated rings. The van der Waals surface area contributed by atoms with Crippen LogP contribution in [0.4, 0.5) is 4.39 Å². The van der Waals surface area contributed by atoms with E-state index in [2.05, 4.69) is 4.90 Å². The van der Waals surface area contributed by atoms with Gasteiger partial charge in [0.05, 0.1) is 17.7 Å². The van der Waals surface area contributed by atoms with Gasteiger partial charge in [-0.3, -0.25) is 9.69 Å². The smallest absolute Gasteiger partial charge is 0.257 e. The Morgan fingerprint density at radius 3 is 2.52 bits per heavy atom. The highest BCUT2D eigenvalue weighted by Gasteiger charge is 2.26. The quantitative estimate of drug-likeness (QED) is 0.641. The van der Waals surface area contributed by atoms with Crippen molar-refractivity contribution in [2.24, 2.45) is 0 Å². The first-order valence-electron chi connectivity index (χ1n) is 10.8. The second-order valence-corrected chi connectivity index (χ2v) is 8.61. The molecule has 31 heavy (non-hydrogen) atoms. The predicted molar refractivity (Wildman–Crippen MR) is 118 cm³/mol. The molecule has 4 rings (SSSR count). The van der Waals surface area contributed by atoms with Gasteiger partial charge in [0.15, 0.2) is 0 Å². The fourth-order valence-electron chi connectivity index (χ4n) is 4.26. The Bertz CT molecular complexity index is 925. The van der Waals surface area contributed by atoms with Gasteiger partial charge >= 0.3 is 0 Å². The maximum Gasteiger partial charge on any atom is 0.257 e. The first-order valence-corrected chi connectivity index (χ1v) is 11.2. The number of hydrogen-bond donors (Lipinski definition) is 0. The molecule has 0 N–H and O–H groups in total. The molecule has 0 unspecified atom stereocenters. The summed E-state index contributed by atoms with van der Waals surface area (Å²) in [4.78, 5) is 17.1. The minimum atomic E-state index is -0.384. The van der Waals surface area contributed by atoms with Gasteiger partial charge in [-0.05, 0) is 55.5 Å². The minimum Gasteiger partial charge on any atom is -0.497 e. The molecule has 0 aromatic heterocycles. The van der Waals surface area contributed by atoms with Crippen molar-refractivity contribution in [3.05, 3.63) is 58.4 Å². The van der Waals surface area contributed by atoms with Gasteiger partial charge in [-0.2, -0.15) is 0 Å². The van der Waals surface area contributed by atoms with E-state index >= 15 is 0 Å². The number of carbonyl (C=O) groups excluding carboxylic acids is 1. The van der Waals surface area contributed by atoms with Crippen LogP contribution in [0.25, 0.3) is 0 Å². The fraction of sp³-hybridized carbons (Fsp3) is 0.458. The molecular weight excluding hydrogens is 419 g/mol. The van der Waals surface area contributed by atoms with E-state index in [1.807, 2.05) is 23.1 Å². The molecule has 2 aromatic rings. The number of benzene rings is 2. The molecule has 5 nitrogen and oxygen atoms in total. The molecule has 0 bridgehead atoms. The number of hydrogen-bond acceptors (Lipinski definition) is 4. The lowest BCUT2D eigenvalue weighted by Gasteiger charge is -2.32. The van der Waals surface area contributed by atoms with Crippen molar-refractivity contribution in [1.29, 1.82) is 0 Å². The Balaban J connectivity index is 1.39. The first kappa shape index (κ1) is 21.9. The predicted octanol–water partition coefficient (Wildman–Crippen LogP) is 4.77. The molecule has 2 heterocycles. The largest absolute Gasteiger partial charge is 0.497 e. The molecule has 2 aliphatic rings. The Kier molecular flexibility index (Phi) is 6.98. The maximum atomic E-state index is 13.7. The Labute approximate surface area is 187 Å². The van der Waals surface area contributed by atoms with Crippen LogP contribution in [0.2, 0.25) is 5.02 Å². The molecule has 0 saturated carbocycles. The van der Waals surface area contributed by atoms with Crippen LogP contribution in [-0.4, -0.2) is 55.1 Å². The highest BCUT2D eigenvalue weighted by Crippen LogP contribution is 2.30. The number of nitrogens with zero attached hydrogens (tertiary/aromatic N) is 2. The van der Waals surface area contributed by atoms with Gasteiger partial charge in [0, 0.05) is 38.8 Å². The van der Waals surface area contributed by atoms with Crippen LogP contribution in [0.15, 0.2) is 36.4 Å². The van der Waals surface area contributed by atoms with Crippen molar-refractivity contribution >= 4 is 17.5 Å². The van der Waals surface area contributed by atoms with Crippen LogP contribution >= 0.6 is 11.6 Å². The van der Waals surface area contributed by atoms with Gasteiger partial charge in [0.1, 0.15) is 23.4 Å². The number of ether oxygens (including phenoxy) is 2. The average molecular weight is 447 g/mol. The van der Waals surface area contributed by atoms with Gasteiger partial charge in [-0.15, -0.1) is 0 Å². The number of methoxy groups -OCH3 is 1. The molecule has 1 amide bonds. The van der Waals surface area contributed by atoms with Crippen molar-refractivity contribution < 1.29 is 18.7 Å². The molecule has 2 aromatic carbocycles. The molecule has 2 aliphatic heterocycles. The van der Waals surface area contributed by atoms with Crippen molar-refractivity contribution in [3.8, 4) is 11.5 Å². The zero-order valence-electron chi connectivity index (χ0n) is 17.8. The van der Waals surface area contributed by atoms with Gasteiger partial charge in [0.25, 0.3) is 5.91 Å². The molecule has 0 aliphatic carbocycles. The maximum absolute atomic E-state index is 13.7. The van der Waals surface area contributed by atoms with Crippen molar-refractivity contribution in [3.63, 3.8) is 0 Å². The van der Waals surface area contributed by atoms with E-state index in [0.29, 0.717) is 23.6 Å². The third-order valence-electron chi connectivity index (χ3n) is 6.03. The van der Waals surface area contributed by atoms with Gasteiger partial charge in [-0.25, -0.2) is 4.39 Å². The lowest BCUT2D eigenvalue weighted by molar-refractivity contribution is 0.0764. The molecule has 2 saturated heterocycles. The third-order valence-corrected chi connectivity index (χ3v) is 6.34. The van der Waals surface area contributed by atoms with Gasteiger partial charge in [-0.1, -0.05) is 17.7 Å². The molecule has 166 valence electrons. The summed E-state index contributed by atoms with van der Waals surface area (Å²) in [5.74, 6) is 0.910. The van der Waals surface area contributed by atoms with Gasteiger partial charge in [0.2, 0.25) is 0 Å². The topological polar surface area (TPSA) is 42.0 Å². The lowest BCUT2D eigenvalue weighted by Crippen LogP contribution is -2.38. The number of rotatable bonds is 6. The highest BCUT2D eigenvalue weighted by molar-refractivity contribution is 6.30. The summed E-state index contributed by atoms with van der Waals surface area (Å²) in [5, 5.41) is 0.147. The standard InChI is InChI=1S/C24H28ClFN2O3/c1-30-19-5-6-20(24(29)28-10-2-3-11-28)23(15-19)31-18-8-12-27(13-9-18)16-17-4-7-21(25)22(26)14-17/h4-7,14-15,18H,2-3,8-13,16H2,1H3. The summed E-state index contributed by atoms with van der Waals surface area (Å²) < 4.78 is 25.4. The number of piperidine rings is 1. The molecular formula is C24H28ClFN2O3. The lowest BCUT2D eigenvalue weighted by atomic mass is 10.1. The summed E-state index contributed by atoms with van der Waals surface area (Å²) in [6.07, 6.45) is 3.80. The van der Waals surface area contributed by atoms with Gasteiger partial charge < -0.3 is 14.4 Å². The van der Waals surface area contributed by atoms with Crippen LogP contribution < -0.4 is 9.47 Å². The first-order chi connectivity index (χ1) is 15.0. The third kappa shape index (κ3) is 5.31. The van der Waals surface area contributed by atoms with Crippen molar-refractivity contribution in [2.45, 2.75) is 38.3 Å². The van der Waals surface area contributed by atoms with Crippen LogP contribution in [0.5, 0.6) is 11.5 Å². The second kappa shape index (κ2) is 9.88. The monoisotopic (exact) mass is 446 g/mol. The zero-order chi connectivity index (χ0) is 21.8. The Hall–Kier alpha value is -2.31. The molecule has 0 atom stereocenters. The Morgan fingerprint density at radius 1 is 1.10 bits per heavy atom. The summed E-state index contributed by atoms with van der Waals surface area (Å²) in [5.41, 5.74) is 1.51. The highest BCUT2D eigenvalue weighted by atomic mass is 35.5. The summed E-state index contributed by atoms with van der Waals surface area (Å²) in [7, 11) is 1.61. The molecule has 0 spiro atoms. The number of carbonyl (C=O) groups is 1.